The van der Waals surface area contributed by atoms with Gasteiger partial charge in [-0.15, -0.1) is 0 Å². The van der Waals surface area contributed by atoms with Crippen LogP contribution in [0, 0.1) is 0 Å². The molecule has 1 N–H and O–H groups in total. The summed E-state index contributed by atoms with van der Waals surface area (Å²) in [6, 6.07) is 8.19. The number of piperidine rings is 1. The van der Waals surface area contributed by atoms with Crippen LogP contribution < -0.4 is 5.32 Å². The average molecular weight is 345 g/mol. The summed E-state index contributed by atoms with van der Waals surface area (Å²) in [7, 11) is -3.05. The molecular formula is C16H25ClN2O2S. The van der Waals surface area contributed by atoms with Gasteiger partial charge >= 0.3 is 0 Å². The summed E-state index contributed by atoms with van der Waals surface area (Å²) >= 11 is 5.98. The number of nitrogens with one attached hydrogen (secondary N) is 1. The Hall–Kier alpha value is -0.620. The van der Waals surface area contributed by atoms with E-state index in [0.29, 0.717) is 19.1 Å². The first-order valence-electron chi connectivity index (χ1n) is 7.97. The maximum absolute atomic E-state index is 12.2. The molecule has 1 aromatic carbocycles. The average Bonchev–Trinajstić information content (AvgIpc) is 2.51. The highest BCUT2D eigenvalue weighted by Crippen LogP contribution is 2.16. The lowest BCUT2D eigenvalue weighted by molar-refractivity contribution is 0.288. The fourth-order valence-corrected chi connectivity index (χ4v) is 4.59. The molecule has 1 heterocycles. The zero-order valence-corrected chi connectivity index (χ0v) is 14.7. The number of nitrogens with zero attached hydrogens (tertiary/aromatic N) is 1. The lowest BCUT2D eigenvalue weighted by Crippen LogP contribution is -2.45. The highest BCUT2D eigenvalue weighted by atomic mass is 35.5. The molecule has 1 aliphatic rings. The van der Waals surface area contributed by atoms with Crippen molar-refractivity contribution in [2.24, 2.45) is 0 Å². The highest BCUT2D eigenvalue weighted by Gasteiger charge is 2.27. The number of unbranched alkanes of at least 4 members (excludes halogenated alkanes) is 1. The maximum atomic E-state index is 12.2. The lowest BCUT2D eigenvalue weighted by Gasteiger charge is -2.31. The minimum atomic E-state index is -3.05. The van der Waals surface area contributed by atoms with Crippen LogP contribution in [0.1, 0.15) is 38.2 Å². The first-order valence-corrected chi connectivity index (χ1v) is 9.95. The van der Waals surface area contributed by atoms with Gasteiger partial charge in [0.25, 0.3) is 0 Å². The highest BCUT2D eigenvalue weighted by molar-refractivity contribution is 7.89. The molecule has 0 aliphatic carbocycles. The Morgan fingerprint density at radius 3 is 2.68 bits per heavy atom. The molecule has 2 rings (SSSR count). The zero-order valence-electron chi connectivity index (χ0n) is 13.1. The van der Waals surface area contributed by atoms with Crippen LogP contribution >= 0.6 is 11.6 Å². The Bertz CT molecular complexity index is 569. The van der Waals surface area contributed by atoms with Crippen molar-refractivity contribution in [3.05, 3.63) is 34.9 Å². The number of hydrogen-bond acceptors (Lipinski definition) is 3. The van der Waals surface area contributed by atoms with Gasteiger partial charge in [0, 0.05) is 30.7 Å². The van der Waals surface area contributed by atoms with E-state index >= 15 is 0 Å². The van der Waals surface area contributed by atoms with Crippen molar-refractivity contribution in [3.8, 4) is 0 Å². The van der Waals surface area contributed by atoms with E-state index in [1.54, 1.807) is 4.31 Å². The molecule has 0 unspecified atom stereocenters. The Kier molecular flexibility index (Phi) is 6.68. The quantitative estimate of drug-likeness (QED) is 0.827. The maximum Gasteiger partial charge on any atom is 0.214 e. The van der Waals surface area contributed by atoms with Crippen LogP contribution in [0.5, 0.6) is 0 Å². The molecule has 124 valence electrons. The lowest BCUT2D eigenvalue weighted by atomic mass is 10.1. The van der Waals surface area contributed by atoms with Crippen molar-refractivity contribution in [2.75, 3.05) is 18.8 Å². The third-order valence-corrected chi connectivity index (χ3v) is 6.28. The normalized spacial score (nSPS) is 17.7. The van der Waals surface area contributed by atoms with Crippen LogP contribution in [0.4, 0.5) is 0 Å². The van der Waals surface area contributed by atoms with Gasteiger partial charge in [-0.25, -0.2) is 12.7 Å². The Morgan fingerprint density at radius 1 is 1.32 bits per heavy atom. The summed E-state index contributed by atoms with van der Waals surface area (Å²) in [5.41, 5.74) is 1.16. The molecule has 6 heteroatoms. The van der Waals surface area contributed by atoms with E-state index in [1.165, 1.54) is 0 Å². The van der Waals surface area contributed by atoms with Crippen LogP contribution in [0.15, 0.2) is 24.3 Å². The summed E-state index contributed by atoms with van der Waals surface area (Å²) in [6.07, 6.45) is 3.39. The number of benzene rings is 1. The van der Waals surface area contributed by atoms with E-state index in [9.17, 15) is 8.42 Å². The van der Waals surface area contributed by atoms with E-state index < -0.39 is 10.0 Å². The van der Waals surface area contributed by atoms with Gasteiger partial charge in [-0.2, -0.15) is 0 Å². The van der Waals surface area contributed by atoms with Crippen LogP contribution in [0.25, 0.3) is 0 Å². The number of sulfonamides is 1. The monoisotopic (exact) mass is 344 g/mol. The molecule has 22 heavy (non-hydrogen) atoms. The van der Waals surface area contributed by atoms with Crippen LogP contribution in [-0.2, 0) is 16.6 Å². The molecule has 1 aliphatic heterocycles. The number of halogens is 1. The van der Waals surface area contributed by atoms with Crippen molar-refractivity contribution in [1.82, 2.24) is 9.62 Å². The largest absolute Gasteiger partial charge is 0.310 e. The number of hydrogen-bond donors (Lipinski definition) is 1. The standard InChI is InChI=1S/C16H25ClN2O2S/c1-2-3-11-22(20,21)19-9-7-16(8-10-19)18-13-14-5-4-6-15(17)12-14/h4-6,12,16,18H,2-3,7-11,13H2,1H3. The molecule has 1 aromatic rings. The van der Waals surface area contributed by atoms with Crippen LogP contribution in [0.3, 0.4) is 0 Å². The van der Waals surface area contributed by atoms with Crippen LogP contribution in [0.2, 0.25) is 5.02 Å². The molecule has 4 nitrogen and oxygen atoms in total. The molecule has 0 amide bonds. The summed E-state index contributed by atoms with van der Waals surface area (Å²) in [4.78, 5) is 0. The van der Waals surface area contributed by atoms with Gasteiger partial charge < -0.3 is 5.32 Å². The smallest absolute Gasteiger partial charge is 0.214 e. The minimum Gasteiger partial charge on any atom is -0.310 e. The van der Waals surface area contributed by atoms with Gasteiger partial charge in [0.1, 0.15) is 0 Å². The zero-order chi connectivity index (χ0) is 16.0. The topological polar surface area (TPSA) is 49.4 Å². The van der Waals surface area contributed by atoms with E-state index in [2.05, 4.69) is 5.32 Å². The Morgan fingerprint density at radius 2 is 2.05 bits per heavy atom. The summed E-state index contributed by atoms with van der Waals surface area (Å²) in [5, 5.41) is 4.25. The SMILES string of the molecule is CCCCS(=O)(=O)N1CCC(NCc2cccc(Cl)c2)CC1. The predicted octanol–water partition coefficient (Wildman–Crippen LogP) is 3.02. The molecule has 1 fully saturated rings. The predicted molar refractivity (Wildman–Crippen MR) is 91.6 cm³/mol. The first-order chi connectivity index (χ1) is 10.5. The summed E-state index contributed by atoms with van der Waals surface area (Å²) in [5.74, 6) is 0.282. The van der Waals surface area contributed by atoms with Crippen molar-refractivity contribution in [2.45, 2.75) is 45.2 Å². The van der Waals surface area contributed by atoms with Gasteiger partial charge in [0.2, 0.25) is 10.0 Å². The third-order valence-electron chi connectivity index (χ3n) is 4.09. The second kappa shape index (κ2) is 8.29. The minimum absolute atomic E-state index is 0.282. The van der Waals surface area contributed by atoms with E-state index in [0.717, 1.165) is 42.8 Å². The van der Waals surface area contributed by atoms with E-state index in [1.807, 2.05) is 31.2 Å². The van der Waals surface area contributed by atoms with Crippen molar-refractivity contribution >= 4 is 21.6 Å². The van der Waals surface area contributed by atoms with E-state index in [-0.39, 0.29) is 5.75 Å². The van der Waals surface area contributed by atoms with Gasteiger partial charge in [-0.3, -0.25) is 0 Å². The molecule has 0 radical (unpaired) electrons. The second-order valence-corrected chi connectivity index (χ2v) is 8.38. The fourth-order valence-electron chi connectivity index (χ4n) is 2.70. The van der Waals surface area contributed by atoms with Crippen molar-refractivity contribution in [1.29, 1.82) is 0 Å². The molecular weight excluding hydrogens is 320 g/mol. The number of rotatable bonds is 7. The summed E-state index contributed by atoms with van der Waals surface area (Å²) in [6.45, 7) is 4.04. The fraction of sp³-hybridized carbons (Fsp3) is 0.625. The van der Waals surface area contributed by atoms with Crippen molar-refractivity contribution < 1.29 is 8.42 Å². The Balaban J connectivity index is 1.77. The van der Waals surface area contributed by atoms with E-state index in [4.69, 9.17) is 11.6 Å². The molecule has 0 atom stereocenters. The third kappa shape index (κ3) is 5.23. The van der Waals surface area contributed by atoms with Gasteiger partial charge in [0.05, 0.1) is 5.75 Å². The molecule has 1 saturated heterocycles. The summed E-state index contributed by atoms with van der Waals surface area (Å²) < 4.78 is 26.0. The molecule has 0 aromatic heterocycles. The van der Waals surface area contributed by atoms with Crippen LogP contribution in [-0.4, -0.2) is 37.6 Å². The molecule has 0 bridgehead atoms. The first kappa shape index (κ1) is 17.7. The molecule has 0 spiro atoms. The van der Waals surface area contributed by atoms with Gasteiger partial charge in [-0.1, -0.05) is 37.1 Å². The second-order valence-electron chi connectivity index (χ2n) is 5.85. The van der Waals surface area contributed by atoms with Crippen molar-refractivity contribution in [3.63, 3.8) is 0 Å². The Labute approximate surface area is 138 Å². The molecule has 0 saturated carbocycles. The van der Waals surface area contributed by atoms with Gasteiger partial charge in [0.15, 0.2) is 0 Å². The van der Waals surface area contributed by atoms with Gasteiger partial charge in [-0.05, 0) is 37.0 Å².